The first kappa shape index (κ1) is 10.6. The molecule has 86 valence electrons. The van der Waals surface area contributed by atoms with Crippen LogP contribution in [0.4, 0.5) is 16.2 Å². The molecule has 0 aliphatic carbocycles. The van der Waals surface area contributed by atoms with Gasteiger partial charge in [-0.15, -0.1) is 0 Å². The summed E-state index contributed by atoms with van der Waals surface area (Å²) in [4.78, 5) is 15.2. The van der Waals surface area contributed by atoms with Crippen molar-refractivity contribution in [1.82, 2.24) is 4.90 Å². The Bertz CT molecular complexity index is 420. The van der Waals surface area contributed by atoms with Crippen molar-refractivity contribution in [1.29, 1.82) is 0 Å². The van der Waals surface area contributed by atoms with Gasteiger partial charge in [0.1, 0.15) is 5.75 Å². The van der Waals surface area contributed by atoms with Gasteiger partial charge < -0.3 is 15.4 Å². The minimum Gasteiger partial charge on any atom is -0.494 e. The maximum atomic E-state index is 11.8. The van der Waals surface area contributed by atoms with Gasteiger partial charge in [0.05, 0.1) is 12.8 Å². The fourth-order valence-corrected chi connectivity index (χ4v) is 1.79. The molecule has 2 N–H and O–H groups in total. The number of amides is 2. The second-order valence-corrected chi connectivity index (χ2v) is 3.79. The predicted octanol–water partition coefficient (Wildman–Crippen LogP) is 1.15. The average Bonchev–Trinajstić information content (AvgIpc) is 2.60. The van der Waals surface area contributed by atoms with Gasteiger partial charge in [-0.05, 0) is 12.1 Å². The number of nitrogens with two attached hydrogens (primary N) is 1. The number of hydrogen-bond donors (Lipinski definition) is 1. The van der Waals surface area contributed by atoms with E-state index in [9.17, 15) is 4.79 Å². The van der Waals surface area contributed by atoms with Gasteiger partial charge in [0.15, 0.2) is 0 Å². The second kappa shape index (κ2) is 3.92. The smallest absolute Gasteiger partial charge is 0.324 e. The summed E-state index contributed by atoms with van der Waals surface area (Å²) in [5, 5.41) is 0. The summed E-state index contributed by atoms with van der Waals surface area (Å²) in [7, 11) is 3.36. The van der Waals surface area contributed by atoms with E-state index in [0.717, 1.165) is 12.2 Å². The number of rotatable bonds is 2. The molecule has 1 fully saturated rings. The minimum absolute atomic E-state index is 0.0110. The number of nitrogen functional groups attached to an aromatic ring is 1. The van der Waals surface area contributed by atoms with Crippen molar-refractivity contribution in [2.24, 2.45) is 0 Å². The minimum atomic E-state index is -0.0110. The molecular formula is C11H15N3O2. The van der Waals surface area contributed by atoms with E-state index in [2.05, 4.69) is 0 Å². The standard InChI is InChI=1S/C11H15N3O2/c1-13-5-6-14(11(13)15)9-4-3-8(12)7-10(9)16-2/h3-4,7H,5-6,12H2,1-2H3. The summed E-state index contributed by atoms with van der Waals surface area (Å²) in [6, 6.07) is 5.29. The van der Waals surface area contributed by atoms with Gasteiger partial charge >= 0.3 is 6.03 Å². The Morgan fingerprint density at radius 2 is 2.12 bits per heavy atom. The van der Waals surface area contributed by atoms with Crippen LogP contribution in [0.5, 0.6) is 5.75 Å². The summed E-state index contributed by atoms with van der Waals surface area (Å²) < 4.78 is 5.23. The maximum Gasteiger partial charge on any atom is 0.324 e. The molecule has 0 bridgehead atoms. The Balaban J connectivity index is 2.37. The Morgan fingerprint density at radius 1 is 1.38 bits per heavy atom. The summed E-state index contributed by atoms with van der Waals surface area (Å²) in [5.74, 6) is 0.628. The number of likely N-dealkylation sites (N-methyl/N-ethyl adjacent to an activating group) is 1. The second-order valence-electron chi connectivity index (χ2n) is 3.79. The molecule has 1 aromatic rings. The fourth-order valence-electron chi connectivity index (χ4n) is 1.79. The predicted molar refractivity (Wildman–Crippen MR) is 62.8 cm³/mol. The van der Waals surface area contributed by atoms with E-state index in [1.807, 2.05) is 6.07 Å². The van der Waals surface area contributed by atoms with E-state index in [-0.39, 0.29) is 6.03 Å². The molecule has 5 heteroatoms. The van der Waals surface area contributed by atoms with Crippen LogP contribution in [0.1, 0.15) is 0 Å². The normalized spacial score (nSPS) is 15.8. The van der Waals surface area contributed by atoms with Crippen LogP contribution in [0.2, 0.25) is 0 Å². The van der Waals surface area contributed by atoms with Crippen molar-refractivity contribution >= 4 is 17.4 Å². The van der Waals surface area contributed by atoms with Crippen LogP contribution in [0.25, 0.3) is 0 Å². The lowest BCUT2D eigenvalue weighted by Crippen LogP contribution is -2.29. The molecule has 0 aromatic heterocycles. The molecule has 1 aliphatic rings. The highest BCUT2D eigenvalue weighted by atomic mass is 16.5. The molecule has 0 spiro atoms. The van der Waals surface area contributed by atoms with Crippen LogP contribution in [-0.2, 0) is 0 Å². The van der Waals surface area contributed by atoms with E-state index in [4.69, 9.17) is 10.5 Å². The first-order chi connectivity index (χ1) is 7.63. The maximum absolute atomic E-state index is 11.8. The van der Waals surface area contributed by atoms with Gasteiger partial charge in [0, 0.05) is 31.9 Å². The van der Waals surface area contributed by atoms with E-state index >= 15 is 0 Å². The van der Waals surface area contributed by atoms with Crippen molar-refractivity contribution in [3.8, 4) is 5.75 Å². The van der Waals surface area contributed by atoms with Crippen LogP contribution < -0.4 is 15.4 Å². The molecule has 0 radical (unpaired) electrons. The number of methoxy groups -OCH3 is 1. The van der Waals surface area contributed by atoms with Crippen LogP contribution in [0.3, 0.4) is 0 Å². The number of urea groups is 1. The van der Waals surface area contributed by atoms with Gasteiger partial charge in [0.25, 0.3) is 0 Å². The largest absolute Gasteiger partial charge is 0.494 e. The van der Waals surface area contributed by atoms with Gasteiger partial charge in [-0.3, -0.25) is 4.90 Å². The van der Waals surface area contributed by atoms with Crippen LogP contribution >= 0.6 is 0 Å². The van der Waals surface area contributed by atoms with E-state index < -0.39 is 0 Å². The molecule has 1 saturated heterocycles. The van der Waals surface area contributed by atoms with E-state index in [1.165, 1.54) is 0 Å². The molecule has 0 unspecified atom stereocenters. The van der Waals surface area contributed by atoms with Crippen molar-refractivity contribution in [2.75, 3.05) is 37.9 Å². The third-order valence-corrected chi connectivity index (χ3v) is 2.71. The van der Waals surface area contributed by atoms with Crippen molar-refractivity contribution in [2.45, 2.75) is 0 Å². The lowest BCUT2D eigenvalue weighted by atomic mass is 10.2. The highest BCUT2D eigenvalue weighted by Gasteiger charge is 2.28. The third-order valence-electron chi connectivity index (χ3n) is 2.71. The molecule has 0 atom stereocenters. The summed E-state index contributed by atoms with van der Waals surface area (Å²) >= 11 is 0. The van der Waals surface area contributed by atoms with Gasteiger partial charge in [-0.25, -0.2) is 4.79 Å². The number of carbonyl (C=O) groups excluding carboxylic acids is 1. The summed E-state index contributed by atoms with van der Waals surface area (Å²) in [6.45, 7) is 1.40. The van der Waals surface area contributed by atoms with E-state index in [0.29, 0.717) is 18.0 Å². The Labute approximate surface area is 94.4 Å². The first-order valence-corrected chi connectivity index (χ1v) is 5.09. The lowest BCUT2D eigenvalue weighted by Gasteiger charge is -2.19. The molecule has 2 rings (SSSR count). The zero-order chi connectivity index (χ0) is 11.7. The van der Waals surface area contributed by atoms with Crippen LogP contribution in [0.15, 0.2) is 18.2 Å². The number of benzene rings is 1. The molecule has 2 amide bonds. The molecule has 1 heterocycles. The molecule has 0 saturated carbocycles. The number of anilines is 2. The topological polar surface area (TPSA) is 58.8 Å². The van der Waals surface area contributed by atoms with Crippen LogP contribution in [0, 0.1) is 0 Å². The monoisotopic (exact) mass is 221 g/mol. The molecule has 1 aliphatic heterocycles. The summed E-state index contributed by atoms with van der Waals surface area (Å²) in [6.07, 6.45) is 0. The van der Waals surface area contributed by atoms with Gasteiger partial charge in [-0.2, -0.15) is 0 Å². The van der Waals surface area contributed by atoms with Crippen molar-refractivity contribution < 1.29 is 9.53 Å². The molecule has 1 aromatic carbocycles. The van der Waals surface area contributed by atoms with Crippen molar-refractivity contribution in [3.63, 3.8) is 0 Å². The van der Waals surface area contributed by atoms with E-state index in [1.54, 1.807) is 36.1 Å². The highest BCUT2D eigenvalue weighted by molar-refractivity contribution is 5.95. The first-order valence-electron chi connectivity index (χ1n) is 5.09. The van der Waals surface area contributed by atoms with Crippen molar-refractivity contribution in [3.05, 3.63) is 18.2 Å². The molecule has 5 nitrogen and oxygen atoms in total. The summed E-state index contributed by atoms with van der Waals surface area (Å²) in [5.41, 5.74) is 7.06. The Kier molecular flexibility index (Phi) is 2.60. The van der Waals surface area contributed by atoms with Gasteiger partial charge in [-0.1, -0.05) is 0 Å². The number of carbonyl (C=O) groups is 1. The average molecular weight is 221 g/mol. The molecule has 16 heavy (non-hydrogen) atoms. The van der Waals surface area contributed by atoms with Gasteiger partial charge in [0.2, 0.25) is 0 Å². The highest BCUT2D eigenvalue weighted by Crippen LogP contribution is 2.32. The zero-order valence-electron chi connectivity index (χ0n) is 9.43. The quantitative estimate of drug-likeness (QED) is 0.762. The Hall–Kier alpha value is -1.91. The molecular weight excluding hydrogens is 206 g/mol. The number of ether oxygens (including phenoxy) is 1. The Morgan fingerprint density at radius 3 is 2.69 bits per heavy atom. The number of nitrogens with zero attached hydrogens (tertiary/aromatic N) is 2. The van der Waals surface area contributed by atoms with Crippen LogP contribution in [-0.4, -0.2) is 38.2 Å². The number of hydrogen-bond acceptors (Lipinski definition) is 3. The SMILES string of the molecule is COc1cc(N)ccc1N1CCN(C)C1=O. The zero-order valence-corrected chi connectivity index (χ0v) is 9.43. The third kappa shape index (κ3) is 1.64. The fraction of sp³-hybridized carbons (Fsp3) is 0.364. The lowest BCUT2D eigenvalue weighted by molar-refractivity contribution is 0.229.